The minimum atomic E-state index is -0.983. The molecule has 1 aliphatic carbocycles. The molecule has 1 amide bonds. The Balaban J connectivity index is 1.99. The van der Waals surface area contributed by atoms with Crippen LogP contribution < -0.4 is 5.32 Å². The Hall–Kier alpha value is -1.89. The van der Waals surface area contributed by atoms with E-state index in [1.165, 1.54) is 11.3 Å². The van der Waals surface area contributed by atoms with Gasteiger partial charge in [-0.25, -0.2) is 0 Å². The van der Waals surface area contributed by atoms with Crippen LogP contribution in [-0.2, 0) is 14.4 Å². The summed E-state index contributed by atoms with van der Waals surface area (Å²) in [7, 11) is 0. The number of carbonyl (C=O) groups excluding carboxylic acids is 1. The summed E-state index contributed by atoms with van der Waals surface area (Å²) in [6.45, 7) is 0. The van der Waals surface area contributed by atoms with Crippen LogP contribution in [0.2, 0.25) is 0 Å². The van der Waals surface area contributed by atoms with Crippen LogP contribution in [0.15, 0.2) is 17.5 Å². The van der Waals surface area contributed by atoms with Crippen molar-refractivity contribution in [1.82, 2.24) is 5.32 Å². The maximum absolute atomic E-state index is 12.2. The summed E-state index contributed by atoms with van der Waals surface area (Å²) in [5.74, 6) is -2.92. The smallest absolute Gasteiger partial charge is 0.306 e. The molecule has 21 heavy (non-hydrogen) atoms. The number of hydrogen-bond donors (Lipinski definition) is 3. The van der Waals surface area contributed by atoms with Crippen LogP contribution in [0.25, 0.3) is 0 Å². The van der Waals surface area contributed by atoms with Crippen molar-refractivity contribution in [3.05, 3.63) is 22.4 Å². The first kappa shape index (κ1) is 15.5. The SMILES string of the molecule is O=C(O)CC(NC(=O)C1CCC(C(=O)O)C1)c1cccs1. The lowest BCUT2D eigenvalue weighted by molar-refractivity contribution is -0.141. The molecule has 0 aliphatic heterocycles. The summed E-state index contributed by atoms with van der Waals surface area (Å²) in [5, 5.41) is 22.5. The second-order valence-corrected chi connectivity index (χ2v) is 6.20. The van der Waals surface area contributed by atoms with Crippen molar-refractivity contribution in [1.29, 1.82) is 0 Å². The van der Waals surface area contributed by atoms with Crippen molar-refractivity contribution in [2.45, 2.75) is 31.7 Å². The number of amides is 1. The van der Waals surface area contributed by atoms with E-state index < -0.39 is 23.9 Å². The molecule has 1 fully saturated rings. The van der Waals surface area contributed by atoms with Crippen molar-refractivity contribution in [2.75, 3.05) is 0 Å². The molecule has 1 aromatic rings. The van der Waals surface area contributed by atoms with Gasteiger partial charge in [-0.15, -0.1) is 11.3 Å². The topological polar surface area (TPSA) is 104 Å². The molecule has 0 spiro atoms. The Bertz CT molecular complexity index is 527. The molecule has 7 heteroatoms. The Morgan fingerprint density at radius 3 is 2.52 bits per heavy atom. The molecule has 3 unspecified atom stereocenters. The minimum absolute atomic E-state index is 0.179. The molecule has 114 valence electrons. The van der Waals surface area contributed by atoms with E-state index in [4.69, 9.17) is 10.2 Å². The molecule has 6 nitrogen and oxygen atoms in total. The van der Waals surface area contributed by atoms with E-state index >= 15 is 0 Å². The lowest BCUT2D eigenvalue weighted by atomic mass is 10.0. The number of thiophene rings is 1. The van der Waals surface area contributed by atoms with Crippen LogP contribution in [0, 0.1) is 11.8 Å². The van der Waals surface area contributed by atoms with Gasteiger partial charge in [-0.2, -0.15) is 0 Å². The molecule has 0 aromatic carbocycles. The number of aliphatic carboxylic acids is 2. The maximum atomic E-state index is 12.2. The molecule has 1 saturated carbocycles. The number of carboxylic acid groups (broad SMARTS) is 2. The predicted molar refractivity (Wildman–Crippen MR) is 75.9 cm³/mol. The Labute approximate surface area is 125 Å². The van der Waals surface area contributed by atoms with Gasteiger partial charge in [0.1, 0.15) is 0 Å². The third kappa shape index (κ3) is 4.04. The highest BCUT2D eigenvalue weighted by Crippen LogP contribution is 2.32. The van der Waals surface area contributed by atoms with Crippen LogP contribution >= 0.6 is 11.3 Å². The van der Waals surface area contributed by atoms with E-state index in [-0.39, 0.29) is 18.2 Å². The van der Waals surface area contributed by atoms with E-state index in [1.54, 1.807) is 12.1 Å². The zero-order valence-electron chi connectivity index (χ0n) is 11.3. The lowest BCUT2D eigenvalue weighted by Crippen LogP contribution is -2.34. The van der Waals surface area contributed by atoms with Gasteiger partial charge in [0.15, 0.2) is 0 Å². The van der Waals surface area contributed by atoms with Crippen LogP contribution in [0.1, 0.15) is 36.6 Å². The zero-order chi connectivity index (χ0) is 15.4. The summed E-state index contributed by atoms with van der Waals surface area (Å²) >= 11 is 1.39. The van der Waals surface area contributed by atoms with Crippen molar-refractivity contribution in [3.8, 4) is 0 Å². The third-order valence-corrected chi connectivity index (χ3v) is 4.72. The summed E-state index contributed by atoms with van der Waals surface area (Å²) < 4.78 is 0. The molecule has 0 radical (unpaired) electrons. The normalized spacial score (nSPS) is 22.7. The molecular formula is C14H17NO5S. The van der Waals surface area contributed by atoms with Gasteiger partial charge in [0.25, 0.3) is 0 Å². The first-order valence-electron chi connectivity index (χ1n) is 6.75. The second-order valence-electron chi connectivity index (χ2n) is 5.22. The fraction of sp³-hybridized carbons (Fsp3) is 0.500. The lowest BCUT2D eigenvalue weighted by Gasteiger charge is -2.18. The number of hydrogen-bond acceptors (Lipinski definition) is 4. The summed E-state index contributed by atoms with van der Waals surface area (Å²) in [6, 6.07) is 3.03. The number of nitrogens with one attached hydrogen (secondary N) is 1. The van der Waals surface area contributed by atoms with Gasteiger partial charge >= 0.3 is 11.9 Å². The van der Waals surface area contributed by atoms with Crippen LogP contribution in [0.5, 0.6) is 0 Å². The highest BCUT2D eigenvalue weighted by atomic mass is 32.1. The molecule has 1 heterocycles. The first-order valence-corrected chi connectivity index (χ1v) is 7.63. The summed E-state index contributed by atoms with van der Waals surface area (Å²) in [6.07, 6.45) is 1.18. The van der Waals surface area contributed by atoms with Gasteiger partial charge in [0.05, 0.1) is 18.4 Å². The molecule has 0 bridgehead atoms. The van der Waals surface area contributed by atoms with Gasteiger partial charge in [-0.3, -0.25) is 14.4 Å². The fourth-order valence-electron chi connectivity index (χ4n) is 2.62. The van der Waals surface area contributed by atoms with E-state index in [2.05, 4.69) is 5.32 Å². The highest BCUT2D eigenvalue weighted by Gasteiger charge is 2.34. The van der Waals surface area contributed by atoms with Crippen molar-refractivity contribution >= 4 is 29.2 Å². The monoisotopic (exact) mass is 311 g/mol. The first-order chi connectivity index (χ1) is 9.97. The number of carbonyl (C=O) groups is 3. The van der Waals surface area contributed by atoms with Gasteiger partial charge in [0.2, 0.25) is 5.91 Å². The third-order valence-electron chi connectivity index (χ3n) is 3.73. The largest absolute Gasteiger partial charge is 0.481 e. The van der Waals surface area contributed by atoms with Gasteiger partial charge in [0, 0.05) is 10.8 Å². The molecule has 1 aromatic heterocycles. The van der Waals surface area contributed by atoms with E-state index in [1.807, 2.05) is 5.38 Å². The molecule has 3 N–H and O–H groups in total. The second kappa shape index (κ2) is 6.71. The van der Waals surface area contributed by atoms with Crippen molar-refractivity contribution in [2.24, 2.45) is 11.8 Å². The fourth-order valence-corrected chi connectivity index (χ4v) is 3.40. The maximum Gasteiger partial charge on any atom is 0.306 e. The summed E-state index contributed by atoms with van der Waals surface area (Å²) in [5.41, 5.74) is 0. The standard InChI is InChI=1S/C14H17NO5S/c16-12(17)7-10(11-2-1-5-21-11)15-13(18)8-3-4-9(6-8)14(19)20/h1-2,5,8-10H,3-4,6-7H2,(H,15,18)(H,16,17)(H,19,20). The van der Waals surface area contributed by atoms with E-state index in [0.29, 0.717) is 19.3 Å². The molecular weight excluding hydrogens is 294 g/mol. The zero-order valence-corrected chi connectivity index (χ0v) is 12.1. The minimum Gasteiger partial charge on any atom is -0.481 e. The molecule has 2 rings (SSSR count). The number of rotatable bonds is 6. The van der Waals surface area contributed by atoms with Crippen LogP contribution in [0.4, 0.5) is 0 Å². The summed E-state index contributed by atoms with van der Waals surface area (Å²) in [4.78, 5) is 34.8. The average Bonchev–Trinajstić information content (AvgIpc) is 3.09. The predicted octanol–water partition coefficient (Wildman–Crippen LogP) is 1.88. The average molecular weight is 311 g/mol. The van der Waals surface area contributed by atoms with Crippen LogP contribution in [0.3, 0.4) is 0 Å². The quantitative estimate of drug-likeness (QED) is 0.744. The van der Waals surface area contributed by atoms with Gasteiger partial charge in [-0.05, 0) is 30.7 Å². The van der Waals surface area contributed by atoms with Gasteiger partial charge in [-0.1, -0.05) is 6.07 Å². The van der Waals surface area contributed by atoms with Crippen molar-refractivity contribution < 1.29 is 24.6 Å². The van der Waals surface area contributed by atoms with Crippen molar-refractivity contribution in [3.63, 3.8) is 0 Å². The van der Waals surface area contributed by atoms with E-state index in [0.717, 1.165) is 4.88 Å². The molecule has 3 atom stereocenters. The Morgan fingerprint density at radius 1 is 1.29 bits per heavy atom. The highest BCUT2D eigenvalue weighted by molar-refractivity contribution is 7.10. The van der Waals surface area contributed by atoms with Crippen LogP contribution in [-0.4, -0.2) is 28.1 Å². The number of carboxylic acids is 2. The van der Waals surface area contributed by atoms with Gasteiger partial charge < -0.3 is 15.5 Å². The van der Waals surface area contributed by atoms with E-state index in [9.17, 15) is 14.4 Å². The molecule has 1 aliphatic rings. The molecule has 0 saturated heterocycles. The Kier molecular flexibility index (Phi) is 4.95. The Morgan fingerprint density at radius 2 is 2.00 bits per heavy atom.